The highest BCUT2D eigenvalue weighted by molar-refractivity contribution is 7.99. The van der Waals surface area contributed by atoms with Gasteiger partial charge in [0.05, 0.1) is 0 Å². The average Bonchev–Trinajstić information content (AvgIpc) is 2.69. The fourth-order valence-corrected chi connectivity index (χ4v) is 2.48. The number of nitrogens with zero attached hydrogens (tertiary/aromatic N) is 1. The number of hydrazine groups is 1. The van der Waals surface area contributed by atoms with Crippen LogP contribution in [0.25, 0.3) is 0 Å². The Labute approximate surface area is 90.1 Å². The molecule has 0 saturated carbocycles. The van der Waals surface area contributed by atoms with E-state index in [0.29, 0.717) is 6.04 Å². The molecule has 1 aliphatic rings. The molecule has 0 aliphatic carbocycles. The summed E-state index contributed by atoms with van der Waals surface area (Å²) in [6, 6.07) is 0.538. The van der Waals surface area contributed by atoms with E-state index < -0.39 is 0 Å². The molecule has 4 N–H and O–H groups in total. The van der Waals surface area contributed by atoms with Gasteiger partial charge in [0, 0.05) is 18.3 Å². The number of nitrogens with one attached hydrogen (secondary N) is 2. The van der Waals surface area contributed by atoms with Gasteiger partial charge in [-0.2, -0.15) is 11.8 Å². The summed E-state index contributed by atoms with van der Waals surface area (Å²) >= 11 is 1.98. The first-order chi connectivity index (χ1) is 6.86. The topological polar surface area (TPSA) is 62.4 Å². The average molecular weight is 216 g/mol. The van der Waals surface area contributed by atoms with Crippen molar-refractivity contribution in [2.75, 3.05) is 18.1 Å². The number of aliphatic imine (C=N–C) groups is 1. The maximum atomic E-state index is 5.38. The molecular formula is C9H20N4S. The van der Waals surface area contributed by atoms with Crippen molar-refractivity contribution in [3.63, 3.8) is 0 Å². The Balaban J connectivity index is 2.25. The van der Waals surface area contributed by atoms with Crippen molar-refractivity contribution in [3.05, 3.63) is 0 Å². The van der Waals surface area contributed by atoms with E-state index in [9.17, 15) is 0 Å². The van der Waals surface area contributed by atoms with Gasteiger partial charge >= 0.3 is 0 Å². The molecule has 0 spiro atoms. The minimum absolute atomic E-state index is 0.538. The van der Waals surface area contributed by atoms with E-state index in [4.69, 9.17) is 5.84 Å². The quantitative estimate of drug-likeness (QED) is 0.213. The normalized spacial score (nSPS) is 22.4. The smallest absolute Gasteiger partial charge is 0.205 e. The summed E-state index contributed by atoms with van der Waals surface area (Å²) < 4.78 is 0. The van der Waals surface area contributed by atoms with Crippen LogP contribution in [0.5, 0.6) is 0 Å². The number of hydrogen-bond donors (Lipinski definition) is 3. The van der Waals surface area contributed by atoms with Crippen LogP contribution in [0.1, 0.15) is 26.2 Å². The predicted octanol–water partition coefficient (Wildman–Crippen LogP) is 0.701. The summed E-state index contributed by atoms with van der Waals surface area (Å²) in [5, 5.41) is 3.32. The maximum absolute atomic E-state index is 5.38. The van der Waals surface area contributed by atoms with Gasteiger partial charge in [0.25, 0.3) is 0 Å². The summed E-state index contributed by atoms with van der Waals surface area (Å²) in [6.45, 7) is 3.01. The van der Waals surface area contributed by atoms with Crippen molar-refractivity contribution in [1.29, 1.82) is 0 Å². The molecule has 1 saturated heterocycles. The first-order valence-electron chi connectivity index (χ1n) is 5.22. The fraction of sp³-hybridized carbons (Fsp3) is 0.889. The summed E-state index contributed by atoms with van der Waals surface area (Å²) in [5.74, 6) is 8.53. The van der Waals surface area contributed by atoms with Gasteiger partial charge in [-0.25, -0.2) is 5.84 Å². The number of rotatable bonds is 4. The van der Waals surface area contributed by atoms with Crippen molar-refractivity contribution in [2.45, 2.75) is 32.2 Å². The molecule has 1 unspecified atom stereocenters. The van der Waals surface area contributed by atoms with E-state index in [-0.39, 0.29) is 0 Å². The molecule has 14 heavy (non-hydrogen) atoms. The number of unbranched alkanes of at least 4 members (excludes halogenated alkanes) is 1. The number of nitrogens with two attached hydrogens (primary N) is 1. The van der Waals surface area contributed by atoms with Crippen LogP contribution in [-0.4, -0.2) is 30.1 Å². The molecular weight excluding hydrogens is 196 g/mol. The second-order valence-corrected chi connectivity index (χ2v) is 4.58. The standard InChI is InChI=1S/C9H20N4S/c1-2-3-5-11-9(13-10)12-8-4-6-14-7-8/h8H,2-7,10H2,1H3,(H2,11,12,13). The highest BCUT2D eigenvalue weighted by Crippen LogP contribution is 2.16. The van der Waals surface area contributed by atoms with Gasteiger partial charge in [-0.05, 0) is 18.6 Å². The molecule has 0 aromatic heterocycles. The first-order valence-corrected chi connectivity index (χ1v) is 6.37. The SMILES string of the molecule is CCCCN=C(NN)NC1CCSC1. The van der Waals surface area contributed by atoms with Crippen LogP contribution >= 0.6 is 11.8 Å². The zero-order valence-electron chi connectivity index (χ0n) is 8.75. The summed E-state index contributed by atoms with van der Waals surface area (Å²) in [5.41, 5.74) is 2.62. The molecule has 82 valence electrons. The fourth-order valence-electron chi connectivity index (χ4n) is 1.32. The summed E-state index contributed by atoms with van der Waals surface area (Å²) in [6.07, 6.45) is 3.49. The van der Waals surface area contributed by atoms with Crippen molar-refractivity contribution < 1.29 is 0 Å². The molecule has 0 amide bonds. The lowest BCUT2D eigenvalue weighted by Crippen LogP contribution is -2.46. The number of thioether (sulfide) groups is 1. The third-order valence-electron chi connectivity index (χ3n) is 2.19. The highest BCUT2D eigenvalue weighted by atomic mass is 32.2. The van der Waals surface area contributed by atoms with Crippen LogP contribution in [0.4, 0.5) is 0 Å². The first kappa shape index (κ1) is 11.7. The van der Waals surface area contributed by atoms with E-state index in [2.05, 4.69) is 22.7 Å². The second kappa shape index (κ2) is 6.95. The maximum Gasteiger partial charge on any atom is 0.205 e. The van der Waals surface area contributed by atoms with Crippen LogP contribution < -0.4 is 16.6 Å². The minimum Gasteiger partial charge on any atom is -0.352 e. The number of hydrogen-bond acceptors (Lipinski definition) is 3. The van der Waals surface area contributed by atoms with E-state index >= 15 is 0 Å². The van der Waals surface area contributed by atoms with Gasteiger partial charge in [-0.15, -0.1) is 0 Å². The molecule has 0 radical (unpaired) electrons. The van der Waals surface area contributed by atoms with E-state index in [1.807, 2.05) is 11.8 Å². The zero-order chi connectivity index (χ0) is 10.2. The highest BCUT2D eigenvalue weighted by Gasteiger charge is 2.15. The number of guanidine groups is 1. The molecule has 0 aromatic rings. The van der Waals surface area contributed by atoms with E-state index in [0.717, 1.165) is 24.7 Å². The largest absolute Gasteiger partial charge is 0.352 e. The predicted molar refractivity (Wildman–Crippen MR) is 63.4 cm³/mol. The second-order valence-electron chi connectivity index (χ2n) is 3.43. The lowest BCUT2D eigenvalue weighted by Gasteiger charge is -2.14. The van der Waals surface area contributed by atoms with Crippen LogP contribution in [0.3, 0.4) is 0 Å². The molecule has 4 nitrogen and oxygen atoms in total. The summed E-state index contributed by atoms with van der Waals surface area (Å²) in [4.78, 5) is 4.36. The molecule has 1 fully saturated rings. The van der Waals surface area contributed by atoms with Gasteiger partial charge in [0.1, 0.15) is 0 Å². The van der Waals surface area contributed by atoms with Crippen LogP contribution in [0.2, 0.25) is 0 Å². The Bertz CT molecular complexity index is 178. The monoisotopic (exact) mass is 216 g/mol. The molecule has 0 aromatic carbocycles. The zero-order valence-corrected chi connectivity index (χ0v) is 9.57. The van der Waals surface area contributed by atoms with E-state index in [1.54, 1.807) is 0 Å². The van der Waals surface area contributed by atoms with Crippen molar-refractivity contribution in [1.82, 2.24) is 10.7 Å². The van der Waals surface area contributed by atoms with Gasteiger partial charge < -0.3 is 5.32 Å². The molecule has 0 bridgehead atoms. The lowest BCUT2D eigenvalue weighted by atomic mass is 10.3. The van der Waals surface area contributed by atoms with Crippen molar-refractivity contribution in [3.8, 4) is 0 Å². The molecule has 1 atom stereocenters. The molecule has 5 heteroatoms. The third-order valence-corrected chi connectivity index (χ3v) is 3.35. The van der Waals surface area contributed by atoms with Gasteiger partial charge in [-0.1, -0.05) is 13.3 Å². The lowest BCUT2D eigenvalue weighted by molar-refractivity contribution is 0.655. The van der Waals surface area contributed by atoms with Crippen LogP contribution in [0, 0.1) is 0 Å². The molecule has 1 heterocycles. The third kappa shape index (κ3) is 4.19. The Morgan fingerprint density at radius 3 is 3.07 bits per heavy atom. The van der Waals surface area contributed by atoms with Crippen LogP contribution in [0.15, 0.2) is 4.99 Å². The van der Waals surface area contributed by atoms with Crippen molar-refractivity contribution in [2.24, 2.45) is 10.8 Å². The molecule has 1 rings (SSSR count). The Morgan fingerprint density at radius 1 is 1.64 bits per heavy atom. The van der Waals surface area contributed by atoms with Gasteiger partial charge in [0.2, 0.25) is 5.96 Å². The van der Waals surface area contributed by atoms with E-state index in [1.165, 1.54) is 18.6 Å². The van der Waals surface area contributed by atoms with Gasteiger partial charge in [0.15, 0.2) is 0 Å². The Morgan fingerprint density at radius 2 is 2.50 bits per heavy atom. The Kier molecular flexibility index (Phi) is 5.78. The van der Waals surface area contributed by atoms with Gasteiger partial charge in [-0.3, -0.25) is 10.4 Å². The molecule has 1 aliphatic heterocycles. The minimum atomic E-state index is 0.538. The Hall–Kier alpha value is -0.420. The van der Waals surface area contributed by atoms with Crippen LogP contribution in [-0.2, 0) is 0 Å². The van der Waals surface area contributed by atoms with Crippen molar-refractivity contribution >= 4 is 17.7 Å². The summed E-state index contributed by atoms with van der Waals surface area (Å²) in [7, 11) is 0.